The van der Waals surface area contributed by atoms with Crippen molar-refractivity contribution in [2.45, 2.75) is 22.6 Å². The predicted octanol–water partition coefficient (Wildman–Crippen LogP) is 5.97. The first-order chi connectivity index (χ1) is 15.3. The largest absolute Gasteiger partial charge is 0.481 e. The number of carbonyl (C=O) groups excluding carboxylic acids is 1. The number of carboxylic acids is 1. The zero-order chi connectivity index (χ0) is 22.8. The van der Waals surface area contributed by atoms with Crippen LogP contribution >= 0.6 is 35.0 Å². The van der Waals surface area contributed by atoms with Crippen molar-refractivity contribution in [3.63, 3.8) is 0 Å². The number of fused-ring (bicyclic) bond motifs is 1. The third-order valence-electron chi connectivity index (χ3n) is 5.65. The number of rotatable bonds is 5. The Morgan fingerprint density at radius 3 is 2.75 bits per heavy atom. The maximum absolute atomic E-state index is 12.5. The molecule has 0 spiro atoms. The van der Waals surface area contributed by atoms with E-state index in [1.165, 1.54) is 17.8 Å². The van der Waals surface area contributed by atoms with E-state index in [4.69, 9.17) is 23.2 Å². The Balaban J connectivity index is 1.48. The molecule has 166 valence electrons. The quantitative estimate of drug-likeness (QED) is 0.449. The monoisotopic (exact) mass is 488 g/mol. The lowest BCUT2D eigenvalue weighted by Gasteiger charge is -2.29. The van der Waals surface area contributed by atoms with Gasteiger partial charge in [-0.3, -0.25) is 9.59 Å². The van der Waals surface area contributed by atoms with Crippen LogP contribution in [0.4, 0.5) is 0 Å². The van der Waals surface area contributed by atoms with Gasteiger partial charge in [0.25, 0.3) is 0 Å². The molecule has 1 N–H and O–H groups in total. The molecular weight excluding hydrogens is 467 g/mol. The van der Waals surface area contributed by atoms with Gasteiger partial charge in [0.1, 0.15) is 0 Å². The fourth-order valence-electron chi connectivity index (χ4n) is 3.85. The van der Waals surface area contributed by atoms with Gasteiger partial charge >= 0.3 is 5.97 Å². The molecule has 1 saturated heterocycles. The van der Waals surface area contributed by atoms with Crippen LogP contribution in [0.25, 0.3) is 17.0 Å². The number of benzene rings is 2. The molecule has 1 aliphatic heterocycles. The highest BCUT2D eigenvalue weighted by atomic mass is 35.5. The van der Waals surface area contributed by atoms with Gasteiger partial charge < -0.3 is 14.6 Å². The van der Waals surface area contributed by atoms with Crippen molar-refractivity contribution < 1.29 is 14.7 Å². The molecule has 0 bridgehead atoms. The molecule has 1 atom stereocenters. The van der Waals surface area contributed by atoms with Crippen LogP contribution in [0.15, 0.2) is 58.5 Å². The number of aryl methyl sites for hydroxylation is 1. The summed E-state index contributed by atoms with van der Waals surface area (Å²) in [6.45, 7) is 0.789. The minimum absolute atomic E-state index is 0.224. The van der Waals surface area contributed by atoms with Crippen molar-refractivity contribution in [2.75, 3.05) is 13.1 Å². The van der Waals surface area contributed by atoms with Gasteiger partial charge in [-0.05, 0) is 54.8 Å². The molecule has 0 aliphatic carbocycles. The predicted molar refractivity (Wildman–Crippen MR) is 129 cm³/mol. The highest BCUT2D eigenvalue weighted by molar-refractivity contribution is 7.99. The number of piperidine rings is 1. The molecule has 1 unspecified atom stereocenters. The van der Waals surface area contributed by atoms with Crippen molar-refractivity contribution in [3.8, 4) is 0 Å². The Kier molecular flexibility index (Phi) is 6.84. The van der Waals surface area contributed by atoms with E-state index in [1.807, 2.05) is 31.4 Å². The van der Waals surface area contributed by atoms with Crippen LogP contribution in [0.2, 0.25) is 10.0 Å². The van der Waals surface area contributed by atoms with Gasteiger partial charge in [-0.1, -0.05) is 41.0 Å². The molecule has 4 rings (SSSR count). The van der Waals surface area contributed by atoms with E-state index in [1.54, 1.807) is 11.0 Å². The summed E-state index contributed by atoms with van der Waals surface area (Å²) in [6.07, 6.45) is 6.37. The molecule has 3 aromatic rings. The molecule has 1 fully saturated rings. The topological polar surface area (TPSA) is 62.5 Å². The second kappa shape index (κ2) is 9.61. The van der Waals surface area contributed by atoms with Crippen molar-refractivity contribution >= 4 is 63.8 Å². The van der Waals surface area contributed by atoms with E-state index in [-0.39, 0.29) is 12.5 Å². The summed E-state index contributed by atoms with van der Waals surface area (Å²) in [5.41, 5.74) is 1.80. The average Bonchev–Trinajstić information content (AvgIpc) is 3.16. The molecular formula is C24H22Cl2N2O3S. The van der Waals surface area contributed by atoms with Crippen LogP contribution in [-0.4, -0.2) is 39.5 Å². The van der Waals surface area contributed by atoms with Crippen LogP contribution < -0.4 is 0 Å². The molecule has 0 radical (unpaired) electrons. The van der Waals surface area contributed by atoms with E-state index in [2.05, 4.69) is 22.8 Å². The molecule has 32 heavy (non-hydrogen) atoms. The SMILES string of the molecule is Cn1ccc2cc(Sc3ccc(/C=C/C(=O)N4CCCC(C(=O)O)C4)c(Cl)c3Cl)ccc21. The molecule has 5 nitrogen and oxygen atoms in total. The zero-order valence-electron chi connectivity index (χ0n) is 17.4. The second-order valence-corrected chi connectivity index (χ2v) is 9.70. The van der Waals surface area contributed by atoms with Crippen molar-refractivity contribution in [1.29, 1.82) is 0 Å². The van der Waals surface area contributed by atoms with Crippen LogP contribution in [0.1, 0.15) is 18.4 Å². The third-order valence-corrected chi connectivity index (χ3v) is 7.71. The number of halogens is 2. The van der Waals surface area contributed by atoms with Crippen LogP contribution in [-0.2, 0) is 16.6 Å². The smallest absolute Gasteiger partial charge is 0.308 e. The molecule has 2 aromatic carbocycles. The second-order valence-electron chi connectivity index (χ2n) is 7.83. The molecule has 1 aromatic heterocycles. The molecule has 2 heterocycles. The van der Waals surface area contributed by atoms with Crippen molar-refractivity contribution in [3.05, 3.63) is 64.3 Å². The maximum Gasteiger partial charge on any atom is 0.308 e. The fourth-order valence-corrected chi connectivity index (χ4v) is 5.33. The van der Waals surface area contributed by atoms with Gasteiger partial charge in [-0.25, -0.2) is 0 Å². The number of hydrogen-bond donors (Lipinski definition) is 1. The Labute approximate surface area is 200 Å². The lowest BCUT2D eigenvalue weighted by Crippen LogP contribution is -2.41. The summed E-state index contributed by atoms with van der Waals surface area (Å²) in [5, 5.41) is 11.2. The first kappa shape index (κ1) is 22.8. The minimum Gasteiger partial charge on any atom is -0.481 e. The summed E-state index contributed by atoms with van der Waals surface area (Å²) in [5.74, 6) is -1.59. The van der Waals surface area contributed by atoms with Crippen LogP contribution in [0.5, 0.6) is 0 Å². The summed E-state index contributed by atoms with van der Waals surface area (Å²) < 4.78 is 2.07. The normalized spacial score (nSPS) is 16.7. The molecule has 0 saturated carbocycles. The number of hydrogen-bond acceptors (Lipinski definition) is 3. The Morgan fingerprint density at radius 1 is 1.16 bits per heavy atom. The zero-order valence-corrected chi connectivity index (χ0v) is 19.8. The molecule has 1 amide bonds. The number of nitrogens with zero attached hydrogens (tertiary/aromatic N) is 2. The number of aromatic nitrogens is 1. The first-order valence-electron chi connectivity index (χ1n) is 10.2. The Bertz CT molecular complexity index is 1220. The van der Waals surface area contributed by atoms with E-state index in [9.17, 15) is 14.7 Å². The minimum atomic E-state index is -0.860. The number of aliphatic carboxylic acids is 1. The van der Waals surface area contributed by atoms with Gasteiger partial charge in [0.15, 0.2) is 0 Å². The number of carboxylic acid groups (broad SMARTS) is 1. The fraction of sp³-hybridized carbons (Fsp3) is 0.250. The summed E-state index contributed by atoms with van der Waals surface area (Å²) in [4.78, 5) is 27.2. The number of carbonyl (C=O) groups is 2. The Hall–Kier alpha value is -2.41. The highest BCUT2D eigenvalue weighted by Crippen LogP contribution is 2.40. The lowest BCUT2D eigenvalue weighted by molar-refractivity contribution is -0.144. The molecule has 1 aliphatic rings. The Morgan fingerprint density at radius 2 is 1.97 bits per heavy atom. The summed E-state index contributed by atoms with van der Waals surface area (Å²) in [7, 11) is 2.01. The van der Waals surface area contributed by atoms with Gasteiger partial charge in [-0.2, -0.15) is 0 Å². The van der Waals surface area contributed by atoms with Crippen molar-refractivity contribution in [1.82, 2.24) is 9.47 Å². The van der Waals surface area contributed by atoms with Crippen LogP contribution in [0, 0.1) is 5.92 Å². The number of amides is 1. The van der Waals surface area contributed by atoms with E-state index in [0.29, 0.717) is 35.0 Å². The third kappa shape index (κ3) is 4.82. The summed E-state index contributed by atoms with van der Waals surface area (Å²) in [6, 6.07) is 12.0. The number of likely N-dealkylation sites (tertiary alicyclic amines) is 1. The first-order valence-corrected chi connectivity index (χ1v) is 11.8. The van der Waals surface area contributed by atoms with Gasteiger partial charge in [0.2, 0.25) is 5.91 Å². The van der Waals surface area contributed by atoms with Crippen molar-refractivity contribution in [2.24, 2.45) is 13.0 Å². The van der Waals surface area contributed by atoms with Gasteiger partial charge in [0, 0.05) is 53.1 Å². The van der Waals surface area contributed by atoms with Gasteiger partial charge in [-0.15, -0.1) is 0 Å². The van der Waals surface area contributed by atoms with E-state index in [0.717, 1.165) is 20.7 Å². The maximum atomic E-state index is 12.5. The summed E-state index contributed by atoms with van der Waals surface area (Å²) >= 11 is 14.6. The molecule has 8 heteroatoms. The standard InChI is InChI=1S/C24H22Cl2N2O3S/c1-27-12-10-16-13-18(6-7-19(16)27)32-20-8-4-15(22(25)23(20)26)5-9-21(29)28-11-2-3-17(14-28)24(30)31/h4-10,12-13,17H,2-3,11,14H2,1H3,(H,30,31)/b9-5+. The van der Waals surface area contributed by atoms with Crippen LogP contribution in [0.3, 0.4) is 0 Å². The van der Waals surface area contributed by atoms with E-state index < -0.39 is 11.9 Å². The lowest BCUT2D eigenvalue weighted by atomic mass is 9.98. The highest BCUT2D eigenvalue weighted by Gasteiger charge is 2.27. The van der Waals surface area contributed by atoms with Gasteiger partial charge in [0.05, 0.1) is 16.0 Å². The average molecular weight is 489 g/mol. The van der Waals surface area contributed by atoms with E-state index >= 15 is 0 Å².